The summed E-state index contributed by atoms with van der Waals surface area (Å²) >= 11 is 3.33. The largest absolute Gasteiger partial charge is 0.472 e. The van der Waals surface area contributed by atoms with E-state index in [1.165, 1.54) is 6.07 Å². The van der Waals surface area contributed by atoms with Crippen LogP contribution in [-0.2, 0) is 6.18 Å². The van der Waals surface area contributed by atoms with Gasteiger partial charge in [0.2, 0.25) is 5.88 Å². The Balaban J connectivity index is 1.70. The minimum atomic E-state index is -4.43. The number of ether oxygens (including phenoxy) is 1. The Morgan fingerprint density at radius 2 is 2.08 bits per heavy atom. The molecule has 2 aromatic rings. The van der Waals surface area contributed by atoms with E-state index >= 15 is 0 Å². The molecule has 0 aliphatic carbocycles. The fourth-order valence-corrected chi connectivity index (χ4v) is 3.40. The predicted molar refractivity (Wildman–Crippen MR) is 93.1 cm³/mol. The highest BCUT2D eigenvalue weighted by Crippen LogP contribution is 2.32. The van der Waals surface area contributed by atoms with Gasteiger partial charge in [-0.05, 0) is 34.1 Å². The molecule has 1 saturated heterocycles. The first-order chi connectivity index (χ1) is 12.3. The molecule has 3 rings (SSSR count). The number of pyridine rings is 1. The van der Waals surface area contributed by atoms with Gasteiger partial charge in [0.25, 0.3) is 5.91 Å². The summed E-state index contributed by atoms with van der Waals surface area (Å²) in [6.07, 6.45) is -3.28. The van der Waals surface area contributed by atoms with Gasteiger partial charge in [-0.15, -0.1) is 0 Å². The summed E-state index contributed by atoms with van der Waals surface area (Å²) in [4.78, 5) is 17.4. The molecule has 1 fully saturated rings. The molecule has 1 aromatic carbocycles. The maximum Gasteiger partial charge on any atom is 0.417 e. The van der Waals surface area contributed by atoms with E-state index in [2.05, 4.69) is 20.9 Å². The molecule has 0 radical (unpaired) electrons. The molecule has 9 heteroatoms. The van der Waals surface area contributed by atoms with E-state index in [0.29, 0.717) is 35.2 Å². The molecule has 26 heavy (non-hydrogen) atoms. The molecule has 1 aliphatic rings. The van der Waals surface area contributed by atoms with Crippen LogP contribution in [-0.4, -0.2) is 30.1 Å². The van der Waals surface area contributed by atoms with E-state index in [1.54, 1.807) is 18.2 Å². The summed E-state index contributed by atoms with van der Waals surface area (Å²) in [6.45, 7) is 1.10. The number of amides is 1. The van der Waals surface area contributed by atoms with Crippen molar-refractivity contribution in [1.82, 2.24) is 4.98 Å². The van der Waals surface area contributed by atoms with Crippen molar-refractivity contribution < 1.29 is 22.7 Å². The van der Waals surface area contributed by atoms with Crippen LogP contribution in [0.3, 0.4) is 0 Å². The average Bonchev–Trinajstić information content (AvgIpc) is 3.02. The number of alkyl halides is 3. The highest BCUT2D eigenvalue weighted by Gasteiger charge is 2.31. The third-order valence-electron chi connectivity index (χ3n) is 4.07. The molecular formula is C17H15BrF3N3O2. The Bertz CT molecular complexity index is 812. The summed E-state index contributed by atoms with van der Waals surface area (Å²) in [5.74, 6) is -0.407. The van der Waals surface area contributed by atoms with Crippen LogP contribution in [0.1, 0.15) is 22.3 Å². The third-order valence-corrected chi connectivity index (χ3v) is 4.74. The van der Waals surface area contributed by atoms with Crippen LogP contribution in [0.15, 0.2) is 41.0 Å². The van der Waals surface area contributed by atoms with Gasteiger partial charge in [0.1, 0.15) is 6.10 Å². The Hall–Kier alpha value is -2.29. The highest BCUT2D eigenvalue weighted by molar-refractivity contribution is 9.10. The van der Waals surface area contributed by atoms with E-state index in [9.17, 15) is 18.0 Å². The number of rotatable bonds is 4. The van der Waals surface area contributed by atoms with Gasteiger partial charge >= 0.3 is 6.18 Å². The summed E-state index contributed by atoms with van der Waals surface area (Å²) in [6, 6.07) is 7.48. The number of hydrogen-bond donors (Lipinski definition) is 1. The molecule has 2 N–H and O–H groups in total. The second-order valence-corrected chi connectivity index (χ2v) is 6.71. The van der Waals surface area contributed by atoms with Crippen molar-refractivity contribution >= 4 is 27.5 Å². The normalized spacial score (nSPS) is 17.4. The maximum absolute atomic E-state index is 12.6. The highest BCUT2D eigenvalue weighted by atomic mass is 79.9. The molecule has 1 atom stereocenters. The van der Waals surface area contributed by atoms with E-state index < -0.39 is 17.6 Å². The minimum Gasteiger partial charge on any atom is -0.472 e. The van der Waals surface area contributed by atoms with Gasteiger partial charge in [-0.2, -0.15) is 13.2 Å². The first-order valence-corrected chi connectivity index (χ1v) is 8.58. The van der Waals surface area contributed by atoms with Crippen molar-refractivity contribution in [2.24, 2.45) is 5.73 Å². The zero-order valence-corrected chi connectivity index (χ0v) is 15.0. The van der Waals surface area contributed by atoms with Gasteiger partial charge < -0.3 is 15.4 Å². The smallest absolute Gasteiger partial charge is 0.417 e. The Labute approximate surface area is 156 Å². The van der Waals surface area contributed by atoms with Crippen LogP contribution < -0.4 is 15.4 Å². The zero-order valence-electron chi connectivity index (χ0n) is 13.5. The van der Waals surface area contributed by atoms with E-state index in [0.717, 1.165) is 12.3 Å². The molecule has 1 amide bonds. The lowest BCUT2D eigenvalue weighted by atomic mass is 10.1. The lowest BCUT2D eigenvalue weighted by Gasteiger charge is -2.21. The van der Waals surface area contributed by atoms with Gasteiger partial charge in [0, 0.05) is 29.7 Å². The number of hydrogen-bond acceptors (Lipinski definition) is 4. The second kappa shape index (κ2) is 7.14. The standard InChI is InChI=1S/C17H15BrF3N3O2/c18-12-2-1-3-13(15(12)16(22)25)24-7-6-11(9-24)26-14-5-4-10(8-23-14)17(19,20)21/h1-5,8,11H,6-7,9H2,(H2,22,25). The third kappa shape index (κ3) is 3.92. The van der Waals surface area contributed by atoms with Crippen LogP contribution in [0, 0.1) is 0 Å². The number of halogens is 4. The molecular weight excluding hydrogens is 415 g/mol. The van der Waals surface area contributed by atoms with E-state index in [1.807, 2.05) is 4.90 Å². The Morgan fingerprint density at radius 1 is 1.31 bits per heavy atom. The summed E-state index contributed by atoms with van der Waals surface area (Å²) in [7, 11) is 0. The Morgan fingerprint density at radius 3 is 2.69 bits per heavy atom. The van der Waals surface area contributed by atoms with Crippen molar-refractivity contribution in [1.29, 1.82) is 0 Å². The van der Waals surface area contributed by atoms with Crippen LogP contribution in [0.4, 0.5) is 18.9 Å². The number of nitrogens with two attached hydrogens (primary N) is 1. The number of benzene rings is 1. The van der Waals surface area contributed by atoms with Crippen LogP contribution in [0.5, 0.6) is 5.88 Å². The second-order valence-electron chi connectivity index (χ2n) is 5.86. The number of primary amides is 1. The summed E-state index contributed by atoms with van der Waals surface area (Å²) < 4.78 is 44.0. The first kappa shape index (κ1) is 18.5. The molecule has 1 unspecified atom stereocenters. The zero-order chi connectivity index (χ0) is 18.9. The molecule has 0 saturated carbocycles. The lowest BCUT2D eigenvalue weighted by Crippen LogP contribution is -2.27. The van der Waals surface area contributed by atoms with Crippen molar-refractivity contribution in [3.63, 3.8) is 0 Å². The van der Waals surface area contributed by atoms with Gasteiger partial charge in [0.15, 0.2) is 0 Å². The fraction of sp³-hybridized carbons (Fsp3) is 0.294. The van der Waals surface area contributed by atoms with Gasteiger partial charge in [-0.3, -0.25) is 4.79 Å². The summed E-state index contributed by atoms with van der Waals surface area (Å²) in [5, 5.41) is 0. The van der Waals surface area contributed by atoms with E-state index in [-0.39, 0.29) is 12.0 Å². The Kier molecular flexibility index (Phi) is 5.08. The number of carbonyl (C=O) groups is 1. The molecule has 2 heterocycles. The quantitative estimate of drug-likeness (QED) is 0.805. The number of carbonyl (C=O) groups excluding carboxylic acids is 1. The van der Waals surface area contributed by atoms with Crippen LogP contribution >= 0.6 is 15.9 Å². The topological polar surface area (TPSA) is 68.5 Å². The molecule has 0 bridgehead atoms. The van der Waals surface area contributed by atoms with Crippen LogP contribution in [0.2, 0.25) is 0 Å². The van der Waals surface area contributed by atoms with Crippen molar-refractivity contribution in [2.75, 3.05) is 18.0 Å². The van der Waals surface area contributed by atoms with E-state index in [4.69, 9.17) is 10.5 Å². The minimum absolute atomic E-state index is 0.134. The maximum atomic E-state index is 12.6. The van der Waals surface area contributed by atoms with Crippen molar-refractivity contribution in [3.05, 3.63) is 52.1 Å². The average molecular weight is 430 g/mol. The number of aromatic nitrogens is 1. The SMILES string of the molecule is NC(=O)c1c(Br)cccc1N1CCC(Oc2ccc(C(F)(F)F)cn2)C1. The number of nitrogens with zero attached hydrogens (tertiary/aromatic N) is 2. The predicted octanol–water partition coefficient (Wildman–Crippen LogP) is 3.62. The van der Waals surface area contributed by atoms with Crippen molar-refractivity contribution in [3.8, 4) is 5.88 Å². The van der Waals surface area contributed by atoms with Gasteiger partial charge in [0.05, 0.1) is 23.4 Å². The monoisotopic (exact) mass is 429 g/mol. The molecule has 1 aromatic heterocycles. The summed E-state index contributed by atoms with van der Waals surface area (Å²) in [5.41, 5.74) is 5.72. The van der Waals surface area contributed by atoms with Crippen LogP contribution in [0.25, 0.3) is 0 Å². The molecule has 5 nitrogen and oxygen atoms in total. The van der Waals surface area contributed by atoms with Gasteiger partial charge in [-0.25, -0.2) is 4.98 Å². The lowest BCUT2D eigenvalue weighted by molar-refractivity contribution is -0.137. The van der Waals surface area contributed by atoms with Crippen molar-refractivity contribution in [2.45, 2.75) is 18.7 Å². The number of anilines is 1. The molecule has 138 valence electrons. The molecule has 0 spiro atoms. The fourth-order valence-electron chi connectivity index (χ4n) is 2.85. The van der Waals surface area contributed by atoms with Gasteiger partial charge in [-0.1, -0.05) is 6.07 Å². The first-order valence-electron chi connectivity index (χ1n) is 7.79. The molecule has 1 aliphatic heterocycles.